The molecule has 25 heavy (non-hydrogen) atoms. The first-order chi connectivity index (χ1) is 11.7. The summed E-state index contributed by atoms with van der Waals surface area (Å²) in [4.78, 5) is 15.1. The number of nitrogens with one attached hydrogen (secondary N) is 2. The van der Waals surface area contributed by atoms with Crippen LogP contribution in [0, 0.1) is 0 Å². The Bertz CT molecular complexity index is 509. The molecule has 0 atom stereocenters. The van der Waals surface area contributed by atoms with Crippen molar-refractivity contribution < 1.29 is 14.3 Å². The molecule has 1 aromatic carbocycles. The lowest BCUT2D eigenvalue weighted by molar-refractivity contribution is -0.119. The number of benzene rings is 1. The van der Waals surface area contributed by atoms with Gasteiger partial charge in [-0.15, -0.1) is 24.0 Å². The van der Waals surface area contributed by atoms with E-state index in [1.165, 1.54) is 5.56 Å². The highest BCUT2D eigenvalue weighted by molar-refractivity contribution is 14.0. The van der Waals surface area contributed by atoms with E-state index in [2.05, 4.69) is 15.6 Å². The van der Waals surface area contributed by atoms with Gasteiger partial charge in [-0.2, -0.15) is 0 Å². The summed E-state index contributed by atoms with van der Waals surface area (Å²) in [7, 11) is 0. The fourth-order valence-corrected chi connectivity index (χ4v) is 1.94. The fraction of sp³-hybridized carbons (Fsp3) is 0.529. The summed E-state index contributed by atoms with van der Waals surface area (Å²) in [5.74, 6) is 0.942. The summed E-state index contributed by atoms with van der Waals surface area (Å²) in [5.41, 5.74) is 6.21. The van der Waals surface area contributed by atoms with Gasteiger partial charge in [0.25, 0.3) is 5.91 Å². The Labute approximate surface area is 166 Å². The highest BCUT2D eigenvalue weighted by Gasteiger charge is 2.00. The van der Waals surface area contributed by atoms with Gasteiger partial charge >= 0.3 is 0 Å². The van der Waals surface area contributed by atoms with Crippen LogP contribution in [-0.2, 0) is 16.0 Å². The topological polar surface area (TPSA) is 98.0 Å². The number of hydrogen-bond acceptors (Lipinski definition) is 4. The average molecular weight is 464 g/mol. The number of halogens is 1. The molecule has 8 heteroatoms. The van der Waals surface area contributed by atoms with Gasteiger partial charge in [0.15, 0.2) is 12.6 Å². The largest absolute Gasteiger partial charge is 0.484 e. The van der Waals surface area contributed by atoms with Gasteiger partial charge in [-0.05, 0) is 38.0 Å². The van der Waals surface area contributed by atoms with Gasteiger partial charge in [-0.1, -0.05) is 12.1 Å². The third-order valence-corrected chi connectivity index (χ3v) is 3.06. The van der Waals surface area contributed by atoms with Gasteiger partial charge in [0, 0.05) is 19.7 Å². The summed E-state index contributed by atoms with van der Waals surface area (Å²) >= 11 is 0. The molecule has 0 saturated heterocycles. The van der Waals surface area contributed by atoms with E-state index in [9.17, 15) is 4.79 Å². The maximum Gasteiger partial charge on any atom is 0.255 e. The molecular formula is C17H29IN4O3. The maximum atomic E-state index is 10.7. The molecule has 0 aliphatic carbocycles. The molecule has 0 aliphatic rings. The smallest absolute Gasteiger partial charge is 0.255 e. The fourth-order valence-electron chi connectivity index (χ4n) is 1.94. The number of ether oxygens (including phenoxy) is 2. The van der Waals surface area contributed by atoms with E-state index >= 15 is 0 Å². The normalized spacial score (nSPS) is 10.7. The third kappa shape index (κ3) is 11.6. The summed E-state index contributed by atoms with van der Waals surface area (Å²) in [6.45, 7) is 7.44. The van der Waals surface area contributed by atoms with Crippen molar-refractivity contribution in [1.29, 1.82) is 0 Å². The molecule has 4 N–H and O–H groups in total. The molecule has 0 bridgehead atoms. The van der Waals surface area contributed by atoms with Crippen LogP contribution in [0.5, 0.6) is 5.75 Å². The van der Waals surface area contributed by atoms with Crippen LogP contribution in [0.15, 0.2) is 29.3 Å². The van der Waals surface area contributed by atoms with E-state index in [1.807, 2.05) is 38.1 Å². The van der Waals surface area contributed by atoms with Gasteiger partial charge in [0.1, 0.15) is 5.75 Å². The zero-order chi connectivity index (χ0) is 17.6. The molecule has 1 aromatic rings. The quantitative estimate of drug-likeness (QED) is 0.199. The first kappa shape index (κ1) is 23.4. The highest BCUT2D eigenvalue weighted by atomic mass is 127. The second-order valence-electron chi connectivity index (χ2n) is 5.03. The molecule has 142 valence electrons. The minimum Gasteiger partial charge on any atom is -0.484 e. The van der Waals surface area contributed by atoms with E-state index in [0.29, 0.717) is 25.5 Å². The Hall–Kier alpha value is -1.55. The van der Waals surface area contributed by atoms with Gasteiger partial charge < -0.3 is 25.8 Å². The molecule has 0 aromatic heterocycles. The van der Waals surface area contributed by atoms with Gasteiger partial charge in [-0.25, -0.2) is 0 Å². The van der Waals surface area contributed by atoms with Gasteiger partial charge in [0.2, 0.25) is 0 Å². The van der Waals surface area contributed by atoms with E-state index in [0.717, 1.165) is 25.5 Å². The van der Waals surface area contributed by atoms with Crippen molar-refractivity contribution in [2.45, 2.75) is 20.3 Å². The van der Waals surface area contributed by atoms with Gasteiger partial charge in [-0.3, -0.25) is 9.79 Å². The Balaban J connectivity index is 0.00000576. The number of primary amides is 1. The molecule has 0 spiro atoms. The standard InChI is InChI=1S/C17H28N4O3.HI/c1-3-19-17(21-11-12-23-4-2)20-10-9-14-5-7-15(8-6-14)24-13-16(18)22;/h5-8H,3-4,9-13H2,1-2H3,(H2,18,22)(H2,19,20,21);1H. The summed E-state index contributed by atoms with van der Waals surface area (Å²) in [5, 5.41) is 6.49. The number of amides is 1. The number of nitrogens with two attached hydrogens (primary N) is 1. The number of carbonyl (C=O) groups excluding carboxylic acids is 1. The molecule has 0 saturated carbocycles. The van der Waals surface area contributed by atoms with E-state index in [1.54, 1.807) is 0 Å². The van der Waals surface area contributed by atoms with Crippen LogP contribution < -0.4 is 21.1 Å². The van der Waals surface area contributed by atoms with Crippen molar-refractivity contribution in [3.63, 3.8) is 0 Å². The zero-order valence-electron chi connectivity index (χ0n) is 14.9. The van der Waals surface area contributed by atoms with E-state index in [4.69, 9.17) is 15.2 Å². The predicted molar refractivity (Wildman–Crippen MR) is 111 cm³/mol. The monoisotopic (exact) mass is 464 g/mol. The number of rotatable bonds is 11. The SMILES string of the molecule is CCNC(=NCCOCC)NCCc1ccc(OCC(N)=O)cc1.I. The van der Waals surface area contributed by atoms with Crippen molar-refractivity contribution in [3.8, 4) is 5.75 Å². The Kier molecular flexibility index (Phi) is 13.8. The summed E-state index contributed by atoms with van der Waals surface area (Å²) in [6, 6.07) is 7.60. The van der Waals surface area contributed by atoms with Crippen molar-refractivity contribution in [1.82, 2.24) is 10.6 Å². The number of hydrogen-bond donors (Lipinski definition) is 3. The Morgan fingerprint density at radius 3 is 2.52 bits per heavy atom. The lowest BCUT2D eigenvalue weighted by Crippen LogP contribution is -2.38. The molecular weight excluding hydrogens is 435 g/mol. The zero-order valence-corrected chi connectivity index (χ0v) is 17.2. The highest BCUT2D eigenvalue weighted by Crippen LogP contribution is 2.12. The molecule has 0 radical (unpaired) electrons. The number of guanidine groups is 1. The second-order valence-corrected chi connectivity index (χ2v) is 5.03. The Morgan fingerprint density at radius 2 is 1.92 bits per heavy atom. The molecule has 1 rings (SSSR count). The van der Waals surface area contributed by atoms with Crippen molar-refractivity contribution in [2.75, 3.05) is 39.5 Å². The van der Waals surface area contributed by atoms with Crippen LogP contribution in [0.3, 0.4) is 0 Å². The van der Waals surface area contributed by atoms with Crippen molar-refractivity contribution in [3.05, 3.63) is 29.8 Å². The predicted octanol–water partition coefficient (Wildman–Crippen LogP) is 1.30. The van der Waals surface area contributed by atoms with Crippen molar-refractivity contribution in [2.24, 2.45) is 10.7 Å². The molecule has 1 amide bonds. The molecule has 0 heterocycles. The van der Waals surface area contributed by atoms with Gasteiger partial charge in [0.05, 0.1) is 13.2 Å². The molecule has 0 unspecified atom stereocenters. The third-order valence-electron chi connectivity index (χ3n) is 3.06. The van der Waals surface area contributed by atoms with Crippen LogP contribution >= 0.6 is 24.0 Å². The molecule has 7 nitrogen and oxygen atoms in total. The Morgan fingerprint density at radius 1 is 1.20 bits per heavy atom. The molecule has 0 aliphatic heterocycles. The number of nitrogens with zero attached hydrogens (tertiary/aromatic N) is 1. The van der Waals surface area contributed by atoms with Crippen LogP contribution in [0.2, 0.25) is 0 Å². The molecule has 0 fully saturated rings. The first-order valence-corrected chi connectivity index (χ1v) is 8.25. The number of carbonyl (C=O) groups is 1. The minimum absolute atomic E-state index is 0. The van der Waals surface area contributed by atoms with Crippen LogP contribution in [-0.4, -0.2) is 51.3 Å². The lowest BCUT2D eigenvalue weighted by atomic mass is 10.1. The first-order valence-electron chi connectivity index (χ1n) is 8.25. The van der Waals surface area contributed by atoms with E-state index < -0.39 is 5.91 Å². The second kappa shape index (κ2) is 14.8. The lowest BCUT2D eigenvalue weighted by Gasteiger charge is -2.11. The van der Waals surface area contributed by atoms with Crippen LogP contribution in [0.25, 0.3) is 0 Å². The van der Waals surface area contributed by atoms with Crippen LogP contribution in [0.1, 0.15) is 19.4 Å². The number of aliphatic imine (C=N–C) groups is 1. The van der Waals surface area contributed by atoms with E-state index in [-0.39, 0.29) is 30.6 Å². The van der Waals surface area contributed by atoms with Crippen molar-refractivity contribution >= 4 is 35.8 Å². The average Bonchev–Trinajstić information content (AvgIpc) is 2.58. The summed E-state index contributed by atoms with van der Waals surface area (Å²) < 4.78 is 10.5. The summed E-state index contributed by atoms with van der Waals surface area (Å²) in [6.07, 6.45) is 0.853. The van der Waals surface area contributed by atoms with Crippen LogP contribution in [0.4, 0.5) is 0 Å². The maximum absolute atomic E-state index is 10.7. The minimum atomic E-state index is -0.483.